The van der Waals surface area contributed by atoms with Gasteiger partial charge in [0.2, 0.25) is 5.66 Å². The van der Waals surface area contributed by atoms with E-state index in [4.69, 9.17) is 21.6 Å². The van der Waals surface area contributed by atoms with E-state index in [1.807, 2.05) is 42.5 Å². The number of hydrogen-bond acceptors (Lipinski definition) is 3. The predicted octanol–water partition coefficient (Wildman–Crippen LogP) is 6.53. The molecule has 0 spiro atoms. The highest BCUT2D eigenvalue weighted by molar-refractivity contribution is 6.30. The Hall–Kier alpha value is -3.69. The van der Waals surface area contributed by atoms with Gasteiger partial charge in [0, 0.05) is 16.1 Å². The number of benzene rings is 4. The summed E-state index contributed by atoms with van der Waals surface area (Å²) >= 11 is 6.22. The second kappa shape index (κ2) is 8.21. The maximum Gasteiger partial charge on any atom is 0.204 e. The van der Waals surface area contributed by atoms with Crippen molar-refractivity contribution in [1.29, 1.82) is 0 Å². The number of halogens is 1. The number of nitrogens with one attached hydrogen (secondary N) is 1. The maximum atomic E-state index is 6.22. The largest absolute Gasteiger partial charge is 0.338 e. The molecule has 0 fully saturated rings. The van der Waals surface area contributed by atoms with Crippen molar-refractivity contribution < 1.29 is 0 Å². The molecule has 0 saturated carbocycles. The van der Waals surface area contributed by atoms with Gasteiger partial charge in [0.25, 0.3) is 0 Å². The van der Waals surface area contributed by atoms with E-state index in [0.29, 0.717) is 5.02 Å². The summed E-state index contributed by atoms with van der Waals surface area (Å²) in [6, 6.07) is 35.0. The van der Waals surface area contributed by atoms with Crippen molar-refractivity contribution in [3.8, 4) is 22.3 Å². The van der Waals surface area contributed by atoms with Crippen molar-refractivity contribution in [2.45, 2.75) is 5.66 Å². The fraction of sp³-hybridized carbons (Fsp3) is 0.0370. The summed E-state index contributed by atoms with van der Waals surface area (Å²) in [6.07, 6.45) is 3.40. The van der Waals surface area contributed by atoms with E-state index in [0.717, 1.165) is 27.8 Å². The van der Waals surface area contributed by atoms with Crippen molar-refractivity contribution >= 4 is 24.3 Å². The lowest BCUT2D eigenvalue weighted by Crippen LogP contribution is -2.30. The minimum Gasteiger partial charge on any atom is -0.338 e. The first-order chi connectivity index (χ1) is 15.2. The van der Waals surface area contributed by atoms with Crippen LogP contribution < -0.4 is 5.32 Å². The Bertz CT molecular complexity index is 1250. The van der Waals surface area contributed by atoms with E-state index in [2.05, 4.69) is 66.0 Å². The van der Waals surface area contributed by atoms with E-state index in [1.165, 1.54) is 5.56 Å². The Morgan fingerprint density at radius 2 is 1.16 bits per heavy atom. The van der Waals surface area contributed by atoms with E-state index in [9.17, 15) is 0 Å². The molecule has 0 aliphatic carbocycles. The van der Waals surface area contributed by atoms with Crippen molar-refractivity contribution in [3.05, 3.63) is 119 Å². The molecule has 1 aliphatic heterocycles. The summed E-state index contributed by atoms with van der Waals surface area (Å²) in [5.41, 5.74) is 5.64. The van der Waals surface area contributed by atoms with Gasteiger partial charge in [-0.2, -0.15) is 0 Å². The molecule has 0 atom stereocenters. The highest BCUT2D eigenvalue weighted by Gasteiger charge is 2.34. The predicted molar refractivity (Wildman–Crippen MR) is 130 cm³/mol. The van der Waals surface area contributed by atoms with Crippen LogP contribution in [0.25, 0.3) is 22.3 Å². The van der Waals surface area contributed by atoms with Crippen LogP contribution in [-0.4, -0.2) is 12.7 Å². The Kier molecular flexibility index (Phi) is 5.11. The summed E-state index contributed by atoms with van der Waals surface area (Å²) in [5.74, 6) is 0. The summed E-state index contributed by atoms with van der Waals surface area (Å²) in [5, 5.41) is 3.68. The summed E-state index contributed by atoms with van der Waals surface area (Å²) in [4.78, 5) is 9.59. The van der Waals surface area contributed by atoms with Crippen LogP contribution in [0.2, 0.25) is 5.02 Å². The van der Waals surface area contributed by atoms with Crippen molar-refractivity contribution in [2.24, 2.45) is 9.98 Å². The van der Waals surface area contributed by atoms with Crippen molar-refractivity contribution in [2.75, 3.05) is 0 Å². The minimum atomic E-state index is -0.838. The molecule has 0 saturated heterocycles. The van der Waals surface area contributed by atoms with E-state index < -0.39 is 5.66 Å². The van der Waals surface area contributed by atoms with Gasteiger partial charge >= 0.3 is 0 Å². The number of nitrogens with zero attached hydrogens (tertiary/aromatic N) is 2. The number of rotatable bonds is 4. The average molecular weight is 422 g/mol. The van der Waals surface area contributed by atoms with Gasteiger partial charge in [0.1, 0.15) is 0 Å². The van der Waals surface area contributed by atoms with Gasteiger partial charge in [-0.25, -0.2) is 9.98 Å². The van der Waals surface area contributed by atoms with Gasteiger partial charge in [-0.1, -0.05) is 96.5 Å². The Morgan fingerprint density at radius 3 is 1.87 bits per heavy atom. The van der Waals surface area contributed by atoms with Crippen LogP contribution in [-0.2, 0) is 5.66 Å². The van der Waals surface area contributed by atoms with Gasteiger partial charge < -0.3 is 5.32 Å². The molecule has 3 nitrogen and oxygen atoms in total. The molecule has 0 unspecified atom stereocenters. The molecular formula is C27H20ClN3. The van der Waals surface area contributed by atoms with Crippen LogP contribution >= 0.6 is 11.6 Å². The molecule has 4 heteroatoms. The lowest BCUT2D eigenvalue weighted by molar-refractivity contribution is 0.571. The van der Waals surface area contributed by atoms with E-state index >= 15 is 0 Å². The van der Waals surface area contributed by atoms with Gasteiger partial charge in [-0.05, 0) is 40.5 Å². The molecular weight excluding hydrogens is 402 g/mol. The fourth-order valence-electron chi connectivity index (χ4n) is 3.90. The summed E-state index contributed by atoms with van der Waals surface area (Å²) in [7, 11) is 0. The zero-order valence-electron chi connectivity index (χ0n) is 16.7. The number of hydrogen-bond donors (Lipinski definition) is 1. The third-order valence-corrected chi connectivity index (χ3v) is 5.70. The molecule has 1 aliphatic rings. The maximum absolute atomic E-state index is 6.22. The second-order valence-electron chi connectivity index (χ2n) is 7.39. The zero-order chi connectivity index (χ0) is 21.1. The summed E-state index contributed by atoms with van der Waals surface area (Å²) in [6.45, 7) is 0. The molecule has 31 heavy (non-hydrogen) atoms. The normalized spacial score (nSPS) is 14.2. The zero-order valence-corrected chi connectivity index (χ0v) is 17.5. The lowest BCUT2D eigenvalue weighted by Gasteiger charge is -2.29. The van der Waals surface area contributed by atoms with Gasteiger partial charge in [0.15, 0.2) is 0 Å². The van der Waals surface area contributed by atoms with Crippen LogP contribution in [0.3, 0.4) is 0 Å². The topological polar surface area (TPSA) is 36.8 Å². The first-order valence-electron chi connectivity index (χ1n) is 10.1. The minimum absolute atomic E-state index is 0.715. The van der Waals surface area contributed by atoms with Crippen LogP contribution in [0, 0.1) is 0 Å². The van der Waals surface area contributed by atoms with Gasteiger partial charge in [-0.15, -0.1) is 0 Å². The standard InChI is InChI=1S/C27H20ClN3/c28-26-11-5-9-23(17-26)22-8-4-10-25(16-22)27(30-18-29-19-31-27)24-14-12-21(13-15-24)20-6-2-1-3-7-20/h1-19H,(H,29,30,31). The Morgan fingerprint density at radius 1 is 0.548 bits per heavy atom. The van der Waals surface area contributed by atoms with Crippen LogP contribution in [0.15, 0.2) is 113 Å². The highest BCUT2D eigenvalue weighted by Crippen LogP contribution is 2.38. The monoisotopic (exact) mass is 421 g/mol. The fourth-order valence-corrected chi connectivity index (χ4v) is 4.09. The molecule has 0 bridgehead atoms. The molecule has 1 N–H and O–H groups in total. The molecule has 0 aromatic heterocycles. The average Bonchev–Trinajstić information content (AvgIpc) is 2.85. The molecule has 4 aromatic carbocycles. The Balaban J connectivity index is 1.59. The third kappa shape index (κ3) is 3.76. The van der Waals surface area contributed by atoms with E-state index in [-0.39, 0.29) is 0 Å². The van der Waals surface area contributed by atoms with Crippen molar-refractivity contribution in [3.63, 3.8) is 0 Å². The molecule has 1 heterocycles. The van der Waals surface area contributed by atoms with Crippen LogP contribution in [0.5, 0.6) is 0 Å². The molecule has 5 rings (SSSR count). The summed E-state index contributed by atoms with van der Waals surface area (Å²) < 4.78 is 0. The van der Waals surface area contributed by atoms with Gasteiger partial charge in [0.05, 0.1) is 12.7 Å². The van der Waals surface area contributed by atoms with Crippen molar-refractivity contribution in [1.82, 2.24) is 5.32 Å². The van der Waals surface area contributed by atoms with Gasteiger partial charge in [-0.3, -0.25) is 0 Å². The smallest absolute Gasteiger partial charge is 0.204 e. The van der Waals surface area contributed by atoms with E-state index in [1.54, 1.807) is 12.7 Å². The first-order valence-corrected chi connectivity index (χ1v) is 10.5. The van der Waals surface area contributed by atoms with Crippen LogP contribution in [0.4, 0.5) is 0 Å². The second-order valence-corrected chi connectivity index (χ2v) is 7.83. The lowest BCUT2D eigenvalue weighted by atomic mass is 9.88. The third-order valence-electron chi connectivity index (χ3n) is 5.47. The molecule has 150 valence electrons. The first kappa shape index (κ1) is 19.3. The molecule has 0 amide bonds. The Labute approximate surface area is 186 Å². The molecule has 0 radical (unpaired) electrons. The quantitative estimate of drug-likeness (QED) is 0.399. The molecule has 4 aromatic rings. The highest BCUT2D eigenvalue weighted by atomic mass is 35.5. The number of aliphatic imine (C=N–C) groups is 2. The SMILES string of the molecule is Clc1cccc(-c2cccc(C3(c4ccc(-c5ccccc5)cc4)N=CNC=N3)c2)c1. The van der Waals surface area contributed by atoms with Crippen LogP contribution in [0.1, 0.15) is 11.1 Å².